The van der Waals surface area contributed by atoms with Crippen LogP contribution in [0.4, 0.5) is 24.5 Å². The van der Waals surface area contributed by atoms with Crippen molar-refractivity contribution in [3.8, 4) is 0 Å². The first-order valence-electron chi connectivity index (χ1n) is 9.42. The quantitative estimate of drug-likeness (QED) is 0.625. The molecule has 0 bridgehead atoms. The molecule has 0 radical (unpaired) electrons. The van der Waals surface area contributed by atoms with E-state index in [0.717, 1.165) is 34.3 Å². The maximum atomic E-state index is 12.9. The molecule has 0 saturated carbocycles. The summed E-state index contributed by atoms with van der Waals surface area (Å²) in [6.07, 6.45) is -3.48. The van der Waals surface area contributed by atoms with Crippen molar-refractivity contribution >= 4 is 27.3 Å². The summed E-state index contributed by atoms with van der Waals surface area (Å²) < 4.78 is 63.9. The molecule has 2 rings (SSSR count). The fourth-order valence-corrected chi connectivity index (χ4v) is 3.84. The van der Waals surface area contributed by atoms with E-state index in [4.69, 9.17) is 0 Å². The number of hydrogen-bond acceptors (Lipinski definition) is 3. The van der Waals surface area contributed by atoms with Crippen molar-refractivity contribution in [3.63, 3.8) is 0 Å². The first-order chi connectivity index (χ1) is 13.9. The number of benzene rings is 2. The molecule has 0 aromatic heterocycles. The zero-order valence-corrected chi connectivity index (χ0v) is 17.8. The molecule has 0 heterocycles. The lowest BCUT2D eigenvalue weighted by Gasteiger charge is -2.23. The minimum absolute atomic E-state index is 0.0247. The van der Waals surface area contributed by atoms with E-state index in [-0.39, 0.29) is 31.0 Å². The summed E-state index contributed by atoms with van der Waals surface area (Å²) in [5, 5.41) is 2.73. The molecule has 0 aliphatic carbocycles. The number of nitrogens with zero attached hydrogens (tertiary/aromatic N) is 1. The predicted octanol–water partition coefficient (Wildman–Crippen LogP) is 5.01. The third-order valence-electron chi connectivity index (χ3n) is 4.49. The number of nitrogens with one attached hydrogen (secondary N) is 1. The van der Waals surface area contributed by atoms with Crippen molar-refractivity contribution in [3.05, 3.63) is 59.7 Å². The summed E-state index contributed by atoms with van der Waals surface area (Å²) in [5.41, 5.74) is 0.744. The topological polar surface area (TPSA) is 66.5 Å². The Morgan fingerprint density at radius 2 is 1.73 bits per heavy atom. The van der Waals surface area contributed by atoms with E-state index >= 15 is 0 Å². The number of amides is 1. The Bertz CT molecular complexity index is 972. The van der Waals surface area contributed by atoms with Crippen molar-refractivity contribution in [2.75, 3.05) is 22.4 Å². The molecule has 0 fully saturated rings. The lowest BCUT2D eigenvalue weighted by atomic mass is 10.0. The van der Waals surface area contributed by atoms with Gasteiger partial charge in [0.1, 0.15) is 0 Å². The summed E-state index contributed by atoms with van der Waals surface area (Å²) in [6, 6.07) is 11.5. The van der Waals surface area contributed by atoms with Gasteiger partial charge in [-0.1, -0.05) is 32.0 Å². The Balaban J connectivity index is 2.01. The van der Waals surface area contributed by atoms with Crippen molar-refractivity contribution in [2.45, 2.75) is 38.8 Å². The van der Waals surface area contributed by atoms with E-state index in [0.29, 0.717) is 11.6 Å². The SMILES string of the molecule is CC(C)c1ccc(NC(=O)CCCN(c2cccc(C(F)(F)F)c2)S(C)(=O)=O)cc1. The van der Waals surface area contributed by atoms with Gasteiger partial charge in [0, 0.05) is 18.7 Å². The molecular weight excluding hydrogens is 417 g/mol. The maximum absolute atomic E-state index is 12.9. The fraction of sp³-hybridized carbons (Fsp3) is 0.381. The molecule has 1 amide bonds. The van der Waals surface area contributed by atoms with Crippen LogP contribution in [0.1, 0.15) is 43.7 Å². The van der Waals surface area contributed by atoms with Crippen LogP contribution in [0.25, 0.3) is 0 Å². The van der Waals surface area contributed by atoms with Crippen molar-refractivity contribution in [1.29, 1.82) is 0 Å². The summed E-state index contributed by atoms with van der Waals surface area (Å²) in [4.78, 5) is 12.2. The second-order valence-corrected chi connectivity index (χ2v) is 9.22. The van der Waals surface area contributed by atoms with E-state index < -0.39 is 21.8 Å². The van der Waals surface area contributed by atoms with Gasteiger partial charge in [-0.3, -0.25) is 9.10 Å². The second-order valence-electron chi connectivity index (χ2n) is 7.31. The Labute approximate surface area is 175 Å². The van der Waals surface area contributed by atoms with Crippen molar-refractivity contribution < 1.29 is 26.4 Å². The molecule has 9 heteroatoms. The van der Waals surface area contributed by atoms with E-state index in [1.807, 2.05) is 12.1 Å². The zero-order valence-electron chi connectivity index (χ0n) is 17.0. The van der Waals surface area contributed by atoms with Gasteiger partial charge in [0.2, 0.25) is 15.9 Å². The molecule has 2 aromatic rings. The summed E-state index contributed by atoms with van der Waals surface area (Å²) >= 11 is 0. The molecule has 2 aromatic carbocycles. The van der Waals surface area contributed by atoms with Crippen LogP contribution in [0.15, 0.2) is 48.5 Å². The molecule has 0 aliphatic heterocycles. The largest absolute Gasteiger partial charge is 0.416 e. The second kappa shape index (κ2) is 9.51. The van der Waals surface area contributed by atoms with Gasteiger partial charge < -0.3 is 5.32 Å². The highest BCUT2D eigenvalue weighted by Crippen LogP contribution is 2.32. The number of carbonyl (C=O) groups excluding carboxylic acids is 1. The first kappa shape index (κ1) is 23.7. The number of alkyl halides is 3. The van der Waals surface area contributed by atoms with Gasteiger partial charge >= 0.3 is 6.18 Å². The summed E-state index contributed by atoms with van der Waals surface area (Å²) in [5.74, 6) is 0.0670. The molecule has 0 atom stereocenters. The van der Waals surface area contributed by atoms with Crippen LogP contribution < -0.4 is 9.62 Å². The molecule has 5 nitrogen and oxygen atoms in total. The molecule has 164 valence electrons. The smallest absolute Gasteiger partial charge is 0.326 e. The van der Waals surface area contributed by atoms with Gasteiger partial charge in [0.25, 0.3) is 0 Å². The summed E-state index contributed by atoms with van der Waals surface area (Å²) in [7, 11) is -3.82. The highest BCUT2D eigenvalue weighted by atomic mass is 32.2. The Hall–Kier alpha value is -2.55. The van der Waals surface area contributed by atoms with Gasteiger partial charge in [0.05, 0.1) is 17.5 Å². The molecule has 30 heavy (non-hydrogen) atoms. The van der Waals surface area contributed by atoms with Crippen LogP contribution in [0.2, 0.25) is 0 Å². The lowest BCUT2D eigenvalue weighted by Crippen LogP contribution is -2.31. The van der Waals surface area contributed by atoms with E-state index in [2.05, 4.69) is 19.2 Å². The fourth-order valence-electron chi connectivity index (χ4n) is 2.88. The van der Waals surface area contributed by atoms with E-state index in [1.165, 1.54) is 6.07 Å². The molecule has 0 saturated heterocycles. The van der Waals surface area contributed by atoms with Gasteiger partial charge in [0.15, 0.2) is 0 Å². The predicted molar refractivity (Wildman–Crippen MR) is 112 cm³/mol. The number of anilines is 2. The van der Waals surface area contributed by atoms with E-state index in [9.17, 15) is 26.4 Å². The van der Waals surface area contributed by atoms with Gasteiger partial charge in [-0.25, -0.2) is 8.42 Å². The average Bonchev–Trinajstić information content (AvgIpc) is 2.64. The van der Waals surface area contributed by atoms with Crippen molar-refractivity contribution in [1.82, 2.24) is 0 Å². The van der Waals surface area contributed by atoms with Crippen LogP contribution in [0, 0.1) is 0 Å². The van der Waals surface area contributed by atoms with Crippen LogP contribution >= 0.6 is 0 Å². The number of hydrogen-bond donors (Lipinski definition) is 1. The first-order valence-corrected chi connectivity index (χ1v) is 11.3. The van der Waals surface area contributed by atoms with Gasteiger partial charge in [-0.05, 0) is 48.2 Å². The van der Waals surface area contributed by atoms with Crippen LogP contribution in [0.5, 0.6) is 0 Å². The number of sulfonamides is 1. The third kappa shape index (κ3) is 6.76. The van der Waals surface area contributed by atoms with Crippen LogP contribution in [0.3, 0.4) is 0 Å². The normalized spacial score (nSPS) is 12.1. The standard InChI is InChI=1S/C21H25F3N2O3S/c1-15(2)16-9-11-18(12-10-16)25-20(27)8-5-13-26(30(3,28)29)19-7-4-6-17(14-19)21(22,23)24/h4,6-7,9-12,14-15H,5,8,13H2,1-3H3,(H,25,27). The van der Waals surface area contributed by atoms with Crippen LogP contribution in [-0.4, -0.2) is 27.1 Å². The molecular formula is C21H25F3N2O3S. The highest BCUT2D eigenvalue weighted by molar-refractivity contribution is 7.92. The minimum atomic E-state index is -4.58. The third-order valence-corrected chi connectivity index (χ3v) is 5.68. The average molecular weight is 443 g/mol. The lowest BCUT2D eigenvalue weighted by molar-refractivity contribution is -0.137. The van der Waals surface area contributed by atoms with E-state index in [1.54, 1.807) is 12.1 Å². The highest BCUT2D eigenvalue weighted by Gasteiger charge is 2.31. The summed E-state index contributed by atoms with van der Waals surface area (Å²) in [6.45, 7) is 4.01. The van der Waals surface area contributed by atoms with Crippen LogP contribution in [-0.2, 0) is 21.0 Å². The number of halogens is 3. The number of carbonyl (C=O) groups is 1. The molecule has 0 unspecified atom stereocenters. The van der Waals surface area contributed by atoms with Gasteiger partial charge in [-0.15, -0.1) is 0 Å². The zero-order chi connectivity index (χ0) is 22.5. The Kier molecular flexibility index (Phi) is 7.52. The molecule has 0 spiro atoms. The van der Waals surface area contributed by atoms with Crippen molar-refractivity contribution in [2.24, 2.45) is 0 Å². The maximum Gasteiger partial charge on any atom is 0.416 e. The minimum Gasteiger partial charge on any atom is -0.326 e. The molecule has 0 aliphatic rings. The molecule has 1 N–H and O–H groups in total. The Morgan fingerprint density at radius 1 is 1.10 bits per heavy atom. The van der Waals surface area contributed by atoms with Gasteiger partial charge in [-0.2, -0.15) is 13.2 Å². The monoisotopic (exact) mass is 442 g/mol. The number of rotatable bonds is 8. The Morgan fingerprint density at radius 3 is 2.27 bits per heavy atom.